The van der Waals surface area contributed by atoms with Gasteiger partial charge in [0, 0.05) is 19.8 Å². The fraction of sp³-hybridized carbons (Fsp3) is 0.375. The first-order chi connectivity index (χ1) is 15.9. The molecular formula is C24H26ClN3O5. The Morgan fingerprint density at radius 3 is 2.73 bits per heavy atom. The van der Waals surface area contributed by atoms with E-state index in [-0.39, 0.29) is 49.0 Å². The summed E-state index contributed by atoms with van der Waals surface area (Å²) in [4.78, 5) is 39.3. The first-order valence-corrected chi connectivity index (χ1v) is 11.2. The Morgan fingerprint density at radius 2 is 1.97 bits per heavy atom. The number of hydrogen-bond acceptors (Lipinski definition) is 5. The van der Waals surface area contributed by atoms with E-state index in [0.717, 1.165) is 0 Å². The lowest BCUT2D eigenvalue weighted by Gasteiger charge is -2.42. The zero-order valence-electron chi connectivity index (χ0n) is 18.5. The van der Waals surface area contributed by atoms with Crippen molar-refractivity contribution < 1.29 is 23.9 Å². The summed E-state index contributed by atoms with van der Waals surface area (Å²) in [5.41, 5.74) is 1.17. The first kappa shape index (κ1) is 23.1. The fourth-order valence-corrected chi connectivity index (χ4v) is 4.48. The molecule has 8 nitrogen and oxygen atoms in total. The van der Waals surface area contributed by atoms with E-state index in [1.54, 1.807) is 61.5 Å². The summed E-state index contributed by atoms with van der Waals surface area (Å²) in [6.45, 7) is 0.255. The van der Waals surface area contributed by atoms with Crippen molar-refractivity contribution in [1.82, 2.24) is 10.2 Å². The maximum absolute atomic E-state index is 13.3. The third-order valence-electron chi connectivity index (χ3n) is 6.08. The molecule has 4 rings (SSSR count). The molecule has 3 amide bonds. The van der Waals surface area contributed by atoms with Gasteiger partial charge in [-0.1, -0.05) is 23.7 Å². The van der Waals surface area contributed by atoms with Crippen LogP contribution in [0.2, 0.25) is 5.02 Å². The number of ether oxygens (including phenoxy) is 2. The molecule has 174 valence electrons. The normalized spacial score (nSPS) is 22.2. The lowest BCUT2D eigenvalue weighted by Crippen LogP contribution is -2.53. The van der Waals surface area contributed by atoms with Gasteiger partial charge in [0.15, 0.2) is 0 Å². The number of anilines is 1. The number of hydrogen-bond donors (Lipinski definition) is 2. The maximum Gasteiger partial charge on any atom is 0.257 e. The fourth-order valence-electron chi connectivity index (χ4n) is 4.26. The van der Waals surface area contributed by atoms with Gasteiger partial charge < -0.3 is 25.0 Å². The van der Waals surface area contributed by atoms with Crippen LogP contribution in [0.15, 0.2) is 42.5 Å². The highest BCUT2D eigenvalue weighted by Gasteiger charge is 2.39. The van der Waals surface area contributed by atoms with Crippen LogP contribution in [0.5, 0.6) is 5.75 Å². The molecule has 0 aromatic heterocycles. The Labute approximate surface area is 197 Å². The molecule has 1 fully saturated rings. The van der Waals surface area contributed by atoms with Crippen molar-refractivity contribution in [1.29, 1.82) is 0 Å². The van der Waals surface area contributed by atoms with Crippen LogP contribution in [0.4, 0.5) is 5.69 Å². The number of fused-ring (bicyclic) bond motifs is 2. The molecule has 0 bridgehead atoms. The zero-order valence-corrected chi connectivity index (χ0v) is 19.2. The standard InChI is InChI=1S/C24H26ClN3O5/c1-26-22(29)12-15-8-9-19-21(33-15)13-32-20-10-7-14(11-17(20)24(31)28(19)2)27-23(30)16-5-3-4-6-18(16)25/h3-7,10-11,15,19,21H,8-9,12-13H2,1-2H3,(H,26,29)(H,27,30)/t15-,19+,21+/m1/s1. The van der Waals surface area contributed by atoms with Crippen molar-refractivity contribution in [2.75, 3.05) is 26.0 Å². The Kier molecular flexibility index (Phi) is 6.85. The number of carbonyl (C=O) groups is 3. The molecule has 2 aliphatic rings. The molecule has 0 unspecified atom stereocenters. The monoisotopic (exact) mass is 471 g/mol. The minimum Gasteiger partial charge on any atom is -0.490 e. The predicted molar refractivity (Wildman–Crippen MR) is 124 cm³/mol. The van der Waals surface area contributed by atoms with Crippen LogP contribution in [0.3, 0.4) is 0 Å². The molecule has 2 aromatic rings. The van der Waals surface area contributed by atoms with Gasteiger partial charge in [0.25, 0.3) is 11.8 Å². The molecule has 2 heterocycles. The highest BCUT2D eigenvalue weighted by Crippen LogP contribution is 2.32. The van der Waals surface area contributed by atoms with E-state index in [0.29, 0.717) is 40.4 Å². The van der Waals surface area contributed by atoms with Crippen LogP contribution in [0, 0.1) is 0 Å². The van der Waals surface area contributed by atoms with Gasteiger partial charge in [-0.2, -0.15) is 0 Å². The minimum atomic E-state index is -0.365. The van der Waals surface area contributed by atoms with Crippen molar-refractivity contribution in [2.45, 2.75) is 37.5 Å². The van der Waals surface area contributed by atoms with Gasteiger partial charge in [0.1, 0.15) is 18.5 Å². The second-order valence-electron chi connectivity index (χ2n) is 8.19. The van der Waals surface area contributed by atoms with Gasteiger partial charge in [-0.15, -0.1) is 0 Å². The van der Waals surface area contributed by atoms with Crippen LogP contribution in [-0.4, -0.2) is 61.6 Å². The number of carbonyl (C=O) groups excluding carboxylic acids is 3. The van der Waals surface area contributed by atoms with Crippen molar-refractivity contribution in [3.05, 3.63) is 58.6 Å². The van der Waals surface area contributed by atoms with Crippen molar-refractivity contribution in [3.63, 3.8) is 0 Å². The van der Waals surface area contributed by atoms with Crippen molar-refractivity contribution in [2.24, 2.45) is 0 Å². The topological polar surface area (TPSA) is 97.0 Å². The first-order valence-electron chi connectivity index (χ1n) is 10.8. The molecule has 33 heavy (non-hydrogen) atoms. The van der Waals surface area contributed by atoms with Crippen LogP contribution in [0.1, 0.15) is 40.0 Å². The molecule has 3 atom stereocenters. The molecule has 2 aromatic carbocycles. The van der Waals surface area contributed by atoms with Gasteiger partial charge in [-0.25, -0.2) is 0 Å². The van der Waals surface area contributed by atoms with E-state index in [2.05, 4.69) is 10.6 Å². The molecular weight excluding hydrogens is 446 g/mol. The molecule has 2 N–H and O–H groups in total. The number of benzene rings is 2. The second-order valence-corrected chi connectivity index (χ2v) is 8.60. The predicted octanol–water partition coefficient (Wildman–Crippen LogP) is 3.11. The van der Waals surface area contributed by atoms with Crippen LogP contribution in [-0.2, 0) is 9.53 Å². The van der Waals surface area contributed by atoms with Crippen LogP contribution >= 0.6 is 11.6 Å². The van der Waals surface area contributed by atoms with E-state index in [9.17, 15) is 14.4 Å². The number of likely N-dealkylation sites (N-methyl/N-ethyl adjacent to an activating group) is 1. The molecule has 9 heteroatoms. The number of amides is 3. The third kappa shape index (κ3) is 4.96. The van der Waals surface area contributed by atoms with E-state index in [4.69, 9.17) is 21.1 Å². The van der Waals surface area contributed by atoms with Crippen molar-refractivity contribution >= 4 is 35.0 Å². The van der Waals surface area contributed by atoms with E-state index < -0.39 is 0 Å². The number of halogens is 1. The average Bonchev–Trinajstić information content (AvgIpc) is 2.82. The largest absolute Gasteiger partial charge is 0.490 e. The molecule has 0 radical (unpaired) electrons. The molecule has 0 aliphatic carbocycles. The van der Waals surface area contributed by atoms with Gasteiger partial charge in [-0.05, 0) is 43.2 Å². The lowest BCUT2D eigenvalue weighted by molar-refractivity contribution is -0.133. The zero-order chi connectivity index (χ0) is 23.5. The summed E-state index contributed by atoms with van der Waals surface area (Å²) in [5.74, 6) is -0.248. The van der Waals surface area contributed by atoms with Crippen LogP contribution in [0.25, 0.3) is 0 Å². The summed E-state index contributed by atoms with van der Waals surface area (Å²) in [7, 11) is 3.34. The second kappa shape index (κ2) is 9.80. The Hall–Kier alpha value is -3.10. The minimum absolute atomic E-state index is 0.0774. The highest BCUT2D eigenvalue weighted by atomic mass is 35.5. The quantitative estimate of drug-likeness (QED) is 0.714. The van der Waals surface area contributed by atoms with Gasteiger partial charge >= 0.3 is 0 Å². The van der Waals surface area contributed by atoms with Crippen molar-refractivity contribution in [3.8, 4) is 5.75 Å². The molecule has 0 saturated carbocycles. The van der Waals surface area contributed by atoms with E-state index in [1.165, 1.54) is 0 Å². The molecule has 1 saturated heterocycles. The summed E-state index contributed by atoms with van der Waals surface area (Å²) in [5, 5.41) is 5.76. The third-order valence-corrected chi connectivity index (χ3v) is 6.41. The maximum atomic E-state index is 13.3. The molecule has 2 aliphatic heterocycles. The van der Waals surface area contributed by atoms with E-state index in [1.807, 2.05) is 0 Å². The average molecular weight is 472 g/mol. The summed E-state index contributed by atoms with van der Waals surface area (Å²) < 4.78 is 12.1. The Balaban J connectivity index is 1.52. The van der Waals surface area contributed by atoms with Gasteiger partial charge in [0.05, 0.1) is 34.7 Å². The lowest BCUT2D eigenvalue weighted by atomic mass is 9.94. The number of rotatable bonds is 4. The van der Waals surface area contributed by atoms with E-state index >= 15 is 0 Å². The Bertz CT molecular complexity index is 1080. The highest BCUT2D eigenvalue weighted by molar-refractivity contribution is 6.34. The Morgan fingerprint density at radius 1 is 1.18 bits per heavy atom. The van der Waals surface area contributed by atoms with Crippen LogP contribution < -0.4 is 15.4 Å². The smallest absolute Gasteiger partial charge is 0.257 e. The molecule has 0 spiro atoms. The summed E-state index contributed by atoms with van der Waals surface area (Å²) in [6.07, 6.45) is 1.11. The van der Waals surface area contributed by atoms with Gasteiger partial charge in [0.2, 0.25) is 5.91 Å². The van der Waals surface area contributed by atoms with Gasteiger partial charge in [-0.3, -0.25) is 14.4 Å². The summed E-state index contributed by atoms with van der Waals surface area (Å²) >= 11 is 6.12. The SMILES string of the molecule is CNC(=O)C[C@H]1CC[C@H]2[C@H](COc3ccc(NC(=O)c4ccccc4Cl)cc3C(=O)N2C)O1. The number of nitrogens with one attached hydrogen (secondary N) is 2. The summed E-state index contributed by atoms with van der Waals surface area (Å²) in [6, 6.07) is 11.5. The number of nitrogens with zero attached hydrogens (tertiary/aromatic N) is 1.